The van der Waals surface area contributed by atoms with E-state index >= 15 is 0 Å². The quantitative estimate of drug-likeness (QED) is 0.540. The van der Waals surface area contributed by atoms with Crippen LogP contribution in [-0.2, 0) is 19.5 Å². The van der Waals surface area contributed by atoms with Crippen molar-refractivity contribution in [1.82, 2.24) is 25.4 Å². The molecule has 27 heavy (non-hydrogen) atoms. The highest BCUT2D eigenvalue weighted by molar-refractivity contribution is 5.79. The normalized spacial score (nSPS) is 12.1. The van der Waals surface area contributed by atoms with Gasteiger partial charge in [-0.25, -0.2) is 4.99 Å². The minimum atomic E-state index is -4.74. The average Bonchev–Trinajstić information content (AvgIpc) is 3.07. The maximum Gasteiger partial charge on any atom is 0.573 e. The Kier molecular flexibility index (Phi) is 7.44. The molecule has 0 amide bonds. The number of aryl methyl sites for hydroxylation is 1. The Morgan fingerprint density at radius 3 is 2.70 bits per heavy atom. The van der Waals surface area contributed by atoms with Crippen molar-refractivity contribution < 1.29 is 17.9 Å². The fourth-order valence-corrected chi connectivity index (χ4v) is 2.40. The van der Waals surface area contributed by atoms with Gasteiger partial charge >= 0.3 is 6.36 Å². The number of para-hydroxylation sites is 1. The van der Waals surface area contributed by atoms with Gasteiger partial charge in [0.2, 0.25) is 0 Å². The van der Waals surface area contributed by atoms with Crippen LogP contribution in [0.1, 0.15) is 25.2 Å². The SMILES string of the molecule is CCNC(=NCc1ccccc1OC(F)(F)F)NCCn1cnnc1CC. The number of guanidine groups is 1. The first-order valence-corrected chi connectivity index (χ1v) is 8.65. The third-order valence-corrected chi connectivity index (χ3v) is 3.61. The van der Waals surface area contributed by atoms with Gasteiger partial charge in [0, 0.05) is 31.6 Å². The zero-order valence-corrected chi connectivity index (χ0v) is 15.3. The van der Waals surface area contributed by atoms with Crippen LogP contribution in [0.15, 0.2) is 35.6 Å². The van der Waals surface area contributed by atoms with E-state index in [-0.39, 0.29) is 12.3 Å². The molecule has 7 nitrogen and oxygen atoms in total. The van der Waals surface area contributed by atoms with Gasteiger partial charge in [-0.3, -0.25) is 0 Å². The van der Waals surface area contributed by atoms with Crippen LogP contribution in [0, 0.1) is 0 Å². The zero-order chi connectivity index (χ0) is 19.7. The second-order valence-corrected chi connectivity index (χ2v) is 5.57. The van der Waals surface area contributed by atoms with E-state index in [0.29, 0.717) is 31.2 Å². The van der Waals surface area contributed by atoms with Crippen molar-refractivity contribution in [2.45, 2.75) is 39.7 Å². The first-order valence-electron chi connectivity index (χ1n) is 8.65. The molecule has 0 fully saturated rings. The van der Waals surface area contributed by atoms with Gasteiger partial charge in [-0.1, -0.05) is 25.1 Å². The minimum Gasteiger partial charge on any atom is -0.405 e. The lowest BCUT2D eigenvalue weighted by atomic mass is 10.2. The third-order valence-electron chi connectivity index (χ3n) is 3.61. The molecule has 0 unspecified atom stereocenters. The van der Waals surface area contributed by atoms with Crippen LogP contribution in [0.5, 0.6) is 5.75 Å². The number of nitrogens with one attached hydrogen (secondary N) is 2. The predicted octanol–water partition coefficient (Wildman–Crippen LogP) is 2.49. The topological polar surface area (TPSA) is 76.4 Å². The van der Waals surface area contributed by atoms with Crippen LogP contribution in [0.4, 0.5) is 13.2 Å². The molecule has 0 saturated heterocycles. The maximum atomic E-state index is 12.5. The molecule has 1 heterocycles. The average molecular weight is 384 g/mol. The van der Waals surface area contributed by atoms with E-state index in [1.54, 1.807) is 18.5 Å². The Bertz CT molecular complexity index is 744. The van der Waals surface area contributed by atoms with Gasteiger partial charge in [0.15, 0.2) is 5.96 Å². The molecule has 1 aromatic carbocycles. The number of alkyl halides is 3. The number of rotatable bonds is 8. The van der Waals surface area contributed by atoms with Crippen LogP contribution >= 0.6 is 0 Å². The Morgan fingerprint density at radius 1 is 1.22 bits per heavy atom. The molecule has 0 aliphatic carbocycles. The van der Waals surface area contributed by atoms with Gasteiger partial charge in [-0.2, -0.15) is 0 Å². The summed E-state index contributed by atoms with van der Waals surface area (Å²) in [5, 5.41) is 14.1. The van der Waals surface area contributed by atoms with E-state index in [2.05, 4.69) is 30.6 Å². The van der Waals surface area contributed by atoms with Crippen molar-refractivity contribution in [2.75, 3.05) is 13.1 Å². The molecule has 0 radical (unpaired) electrons. The van der Waals surface area contributed by atoms with Crippen LogP contribution in [0.2, 0.25) is 0 Å². The minimum absolute atomic E-state index is 0.0500. The molecule has 148 valence electrons. The summed E-state index contributed by atoms with van der Waals surface area (Å²) in [6, 6.07) is 5.96. The summed E-state index contributed by atoms with van der Waals surface area (Å²) >= 11 is 0. The van der Waals surface area contributed by atoms with E-state index in [4.69, 9.17) is 0 Å². The van der Waals surface area contributed by atoms with Crippen molar-refractivity contribution in [3.8, 4) is 5.75 Å². The molecule has 0 aliphatic rings. The molecular formula is C17H23F3N6O. The van der Waals surface area contributed by atoms with Gasteiger partial charge in [0.25, 0.3) is 0 Å². The van der Waals surface area contributed by atoms with Gasteiger partial charge in [0.05, 0.1) is 6.54 Å². The van der Waals surface area contributed by atoms with Gasteiger partial charge in [-0.05, 0) is 13.0 Å². The maximum absolute atomic E-state index is 12.5. The molecule has 2 aromatic rings. The van der Waals surface area contributed by atoms with Gasteiger partial charge < -0.3 is 19.9 Å². The van der Waals surface area contributed by atoms with E-state index in [0.717, 1.165) is 12.2 Å². The Labute approximate surface area is 155 Å². The lowest BCUT2D eigenvalue weighted by Gasteiger charge is -2.14. The molecule has 10 heteroatoms. The summed E-state index contributed by atoms with van der Waals surface area (Å²) in [7, 11) is 0. The highest BCUT2D eigenvalue weighted by Gasteiger charge is 2.31. The number of nitrogens with zero attached hydrogens (tertiary/aromatic N) is 4. The summed E-state index contributed by atoms with van der Waals surface area (Å²) in [6.07, 6.45) is -2.29. The van der Waals surface area contributed by atoms with Crippen LogP contribution in [0.25, 0.3) is 0 Å². The Hall–Kier alpha value is -2.78. The number of hydrogen-bond acceptors (Lipinski definition) is 4. The molecule has 2 rings (SSSR count). The number of aromatic nitrogens is 3. The van der Waals surface area contributed by atoms with Crippen molar-refractivity contribution in [3.63, 3.8) is 0 Å². The standard InChI is InChI=1S/C17H23F3N6O/c1-3-15-25-24-12-26(15)10-9-22-16(21-4-2)23-11-13-7-5-6-8-14(13)27-17(18,19)20/h5-8,12H,3-4,9-11H2,1-2H3,(H2,21,22,23). The fraction of sp³-hybridized carbons (Fsp3) is 0.471. The van der Waals surface area contributed by atoms with Gasteiger partial charge in [0.1, 0.15) is 17.9 Å². The summed E-state index contributed by atoms with van der Waals surface area (Å²) in [5.41, 5.74) is 0.346. The van der Waals surface area contributed by atoms with E-state index in [9.17, 15) is 13.2 Å². The molecule has 2 N–H and O–H groups in total. The fourth-order valence-electron chi connectivity index (χ4n) is 2.40. The predicted molar refractivity (Wildman–Crippen MR) is 95.3 cm³/mol. The number of aliphatic imine (C=N–C) groups is 1. The Morgan fingerprint density at radius 2 is 2.00 bits per heavy atom. The van der Waals surface area contributed by atoms with Crippen molar-refractivity contribution in [2.24, 2.45) is 4.99 Å². The molecule has 1 aromatic heterocycles. The van der Waals surface area contributed by atoms with Crippen molar-refractivity contribution in [3.05, 3.63) is 42.0 Å². The van der Waals surface area contributed by atoms with Crippen LogP contribution < -0.4 is 15.4 Å². The summed E-state index contributed by atoms with van der Waals surface area (Å²) in [5.74, 6) is 1.14. The van der Waals surface area contributed by atoms with Gasteiger partial charge in [-0.15, -0.1) is 23.4 Å². The number of benzene rings is 1. The monoisotopic (exact) mass is 384 g/mol. The largest absolute Gasteiger partial charge is 0.573 e. The van der Waals surface area contributed by atoms with Crippen LogP contribution in [0.3, 0.4) is 0 Å². The Balaban J connectivity index is 1.99. The summed E-state index contributed by atoms with van der Waals surface area (Å²) < 4.78 is 43.5. The zero-order valence-electron chi connectivity index (χ0n) is 15.3. The molecular weight excluding hydrogens is 361 g/mol. The van der Waals surface area contributed by atoms with Crippen LogP contribution in [-0.4, -0.2) is 40.2 Å². The molecule has 0 saturated carbocycles. The first-order chi connectivity index (χ1) is 12.9. The van der Waals surface area contributed by atoms with E-state index in [1.807, 2.05) is 18.4 Å². The van der Waals surface area contributed by atoms with Crippen molar-refractivity contribution in [1.29, 1.82) is 0 Å². The number of ether oxygens (including phenoxy) is 1. The highest BCUT2D eigenvalue weighted by Crippen LogP contribution is 2.26. The lowest BCUT2D eigenvalue weighted by Crippen LogP contribution is -2.39. The van der Waals surface area contributed by atoms with E-state index in [1.165, 1.54) is 12.1 Å². The smallest absolute Gasteiger partial charge is 0.405 e. The lowest BCUT2D eigenvalue weighted by molar-refractivity contribution is -0.274. The molecule has 0 bridgehead atoms. The molecule has 0 atom stereocenters. The summed E-state index contributed by atoms with van der Waals surface area (Å²) in [4.78, 5) is 4.34. The number of hydrogen-bond donors (Lipinski definition) is 2. The first kappa shape index (κ1) is 20.5. The molecule has 0 spiro atoms. The molecule has 0 aliphatic heterocycles. The van der Waals surface area contributed by atoms with E-state index < -0.39 is 6.36 Å². The second-order valence-electron chi connectivity index (χ2n) is 5.57. The number of halogens is 3. The second kappa shape index (κ2) is 9.79. The third kappa shape index (κ3) is 6.80. The summed E-state index contributed by atoms with van der Waals surface area (Å²) in [6.45, 7) is 5.80. The van der Waals surface area contributed by atoms with Crippen molar-refractivity contribution >= 4 is 5.96 Å². The highest BCUT2D eigenvalue weighted by atomic mass is 19.4.